The molecule has 0 spiro atoms. The van der Waals surface area contributed by atoms with Crippen molar-refractivity contribution in [1.29, 1.82) is 0 Å². The van der Waals surface area contributed by atoms with Gasteiger partial charge in [0, 0.05) is 11.7 Å². The lowest BCUT2D eigenvalue weighted by Crippen LogP contribution is -2.34. The van der Waals surface area contributed by atoms with Gasteiger partial charge in [0.05, 0.1) is 12.5 Å². The molecule has 2 rings (SSSR count). The van der Waals surface area contributed by atoms with Crippen molar-refractivity contribution in [2.45, 2.75) is 32.7 Å². The highest BCUT2D eigenvalue weighted by atomic mass is 16.2. The summed E-state index contributed by atoms with van der Waals surface area (Å²) in [6.45, 7) is 4.14. The number of aromatic nitrogens is 2. The van der Waals surface area contributed by atoms with Crippen molar-refractivity contribution < 1.29 is 4.79 Å². The van der Waals surface area contributed by atoms with E-state index in [1.165, 1.54) is 0 Å². The maximum Gasteiger partial charge on any atom is 0.270 e. The number of hydrogen-bond acceptors (Lipinski definition) is 2. The topological polar surface area (TPSA) is 46.9 Å². The van der Waals surface area contributed by atoms with Crippen LogP contribution in [0, 0.1) is 0 Å². The Kier molecular flexibility index (Phi) is 4.34. The Labute approximate surface area is 113 Å². The lowest BCUT2D eigenvalue weighted by Gasteiger charge is -2.15. The number of imidazole rings is 1. The van der Waals surface area contributed by atoms with Gasteiger partial charge in [-0.25, -0.2) is 4.98 Å². The summed E-state index contributed by atoms with van der Waals surface area (Å²) >= 11 is 0. The fraction of sp³-hybridized carbons (Fsp3) is 0.333. The number of rotatable bonds is 5. The molecule has 0 aliphatic carbocycles. The predicted octanol–water partition coefficient (Wildman–Crippen LogP) is 2.79. The normalized spacial score (nSPS) is 10.7. The Morgan fingerprint density at radius 3 is 2.58 bits per heavy atom. The van der Waals surface area contributed by atoms with Crippen molar-refractivity contribution >= 4 is 5.91 Å². The first-order chi connectivity index (χ1) is 9.26. The third-order valence-electron chi connectivity index (χ3n) is 3.23. The molecule has 1 aromatic heterocycles. The number of hydrogen-bond donors (Lipinski definition) is 1. The van der Waals surface area contributed by atoms with Gasteiger partial charge >= 0.3 is 0 Å². The molecule has 0 saturated heterocycles. The summed E-state index contributed by atoms with van der Waals surface area (Å²) in [5.74, 6) is -0.0740. The second-order valence-electron chi connectivity index (χ2n) is 4.47. The minimum atomic E-state index is -0.0740. The molecule has 4 nitrogen and oxygen atoms in total. The van der Waals surface area contributed by atoms with E-state index >= 15 is 0 Å². The second-order valence-corrected chi connectivity index (χ2v) is 4.47. The molecule has 1 aromatic carbocycles. The van der Waals surface area contributed by atoms with E-state index in [-0.39, 0.29) is 11.9 Å². The van der Waals surface area contributed by atoms with E-state index in [2.05, 4.69) is 24.1 Å². The van der Waals surface area contributed by atoms with Crippen molar-refractivity contribution in [3.8, 4) is 5.69 Å². The van der Waals surface area contributed by atoms with Gasteiger partial charge in [-0.15, -0.1) is 0 Å². The highest BCUT2D eigenvalue weighted by Crippen LogP contribution is 2.11. The minimum Gasteiger partial charge on any atom is -0.348 e. The summed E-state index contributed by atoms with van der Waals surface area (Å²) in [4.78, 5) is 16.3. The van der Waals surface area contributed by atoms with E-state index < -0.39 is 0 Å². The van der Waals surface area contributed by atoms with Gasteiger partial charge in [0.25, 0.3) is 5.91 Å². The van der Waals surface area contributed by atoms with Crippen LogP contribution in [-0.2, 0) is 0 Å². The average molecular weight is 257 g/mol. The third kappa shape index (κ3) is 3.02. The molecule has 0 aliphatic rings. The van der Waals surface area contributed by atoms with Crippen LogP contribution in [0.1, 0.15) is 37.2 Å². The maximum atomic E-state index is 12.3. The van der Waals surface area contributed by atoms with Crippen LogP contribution < -0.4 is 5.32 Å². The van der Waals surface area contributed by atoms with Crippen molar-refractivity contribution in [3.05, 3.63) is 48.5 Å². The second kappa shape index (κ2) is 6.18. The summed E-state index contributed by atoms with van der Waals surface area (Å²) in [5, 5.41) is 3.03. The Morgan fingerprint density at radius 2 is 1.95 bits per heavy atom. The fourth-order valence-corrected chi connectivity index (χ4v) is 2.01. The van der Waals surface area contributed by atoms with E-state index in [9.17, 15) is 4.79 Å². The van der Waals surface area contributed by atoms with Gasteiger partial charge in [-0.05, 0) is 25.0 Å². The van der Waals surface area contributed by atoms with Crippen molar-refractivity contribution in [1.82, 2.24) is 14.9 Å². The van der Waals surface area contributed by atoms with Crippen LogP contribution in [0.25, 0.3) is 5.69 Å². The zero-order chi connectivity index (χ0) is 13.7. The molecular weight excluding hydrogens is 238 g/mol. The predicted molar refractivity (Wildman–Crippen MR) is 75.4 cm³/mol. The number of nitrogens with zero attached hydrogens (tertiary/aromatic N) is 2. The lowest BCUT2D eigenvalue weighted by atomic mass is 10.1. The molecule has 2 aromatic rings. The number of benzene rings is 1. The lowest BCUT2D eigenvalue weighted by molar-refractivity contribution is 0.0928. The Morgan fingerprint density at radius 1 is 1.26 bits per heavy atom. The van der Waals surface area contributed by atoms with E-state index in [1.807, 2.05) is 30.3 Å². The number of para-hydroxylation sites is 1. The number of amides is 1. The molecule has 1 heterocycles. The van der Waals surface area contributed by atoms with Gasteiger partial charge in [-0.3, -0.25) is 9.36 Å². The summed E-state index contributed by atoms with van der Waals surface area (Å²) in [6.07, 6.45) is 5.13. The van der Waals surface area contributed by atoms with Crippen LogP contribution in [0.2, 0.25) is 0 Å². The Balaban J connectivity index is 2.23. The van der Waals surface area contributed by atoms with Crippen molar-refractivity contribution in [3.63, 3.8) is 0 Å². The largest absolute Gasteiger partial charge is 0.348 e. The van der Waals surface area contributed by atoms with E-state index in [4.69, 9.17) is 0 Å². The van der Waals surface area contributed by atoms with Gasteiger partial charge in [0.2, 0.25) is 0 Å². The molecule has 0 unspecified atom stereocenters. The quantitative estimate of drug-likeness (QED) is 0.895. The molecule has 0 aliphatic heterocycles. The first-order valence-corrected chi connectivity index (χ1v) is 6.64. The Hall–Kier alpha value is -2.10. The fourth-order valence-electron chi connectivity index (χ4n) is 2.01. The number of carbonyl (C=O) groups is 1. The molecule has 0 radical (unpaired) electrons. The first kappa shape index (κ1) is 13.3. The van der Waals surface area contributed by atoms with Crippen molar-refractivity contribution in [2.24, 2.45) is 0 Å². The minimum absolute atomic E-state index is 0.0740. The molecule has 1 amide bonds. The van der Waals surface area contributed by atoms with Crippen LogP contribution in [0.3, 0.4) is 0 Å². The van der Waals surface area contributed by atoms with Crippen LogP contribution in [0.4, 0.5) is 0 Å². The van der Waals surface area contributed by atoms with Gasteiger partial charge in [0.1, 0.15) is 5.69 Å². The van der Waals surface area contributed by atoms with Crippen LogP contribution in [-0.4, -0.2) is 21.5 Å². The van der Waals surface area contributed by atoms with E-state index in [0.717, 1.165) is 18.5 Å². The molecule has 0 bridgehead atoms. The smallest absolute Gasteiger partial charge is 0.270 e. The summed E-state index contributed by atoms with van der Waals surface area (Å²) in [5.41, 5.74) is 1.51. The molecular formula is C15H19N3O. The van der Waals surface area contributed by atoms with Crippen LogP contribution in [0.15, 0.2) is 42.9 Å². The standard InChI is InChI=1S/C15H19N3O/c1-3-12(4-2)17-15(19)14-10-16-11-18(14)13-8-6-5-7-9-13/h5-12H,3-4H2,1-2H3,(H,17,19). The summed E-state index contributed by atoms with van der Waals surface area (Å²) in [7, 11) is 0. The molecule has 100 valence electrons. The number of carbonyl (C=O) groups excluding carboxylic acids is 1. The molecule has 0 fully saturated rings. The zero-order valence-corrected chi connectivity index (χ0v) is 11.3. The SMILES string of the molecule is CCC(CC)NC(=O)c1cncn1-c1ccccc1. The molecule has 19 heavy (non-hydrogen) atoms. The summed E-state index contributed by atoms with van der Waals surface area (Å²) < 4.78 is 1.80. The molecule has 0 atom stereocenters. The maximum absolute atomic E-state index is 12.3. The van der Waals surface area contributed by atoms with E-state index in [0.29, 0.717) is 5.69 Å². The molecule has 0 saturated carbocycles. The summed E-state index contributed by atoms with van der Waals surface area (Å²) in [6, 6.07) is 9.96. The zero-order valence-electron chi connectivity index (χ0n) is 11.3. The molecule has 4 heteroatoms. The number of nitrogens with one attached hydrogen (secondary N) is 1. The van der Waals surface area contributed by atoms with Gasteiger partial charge in [-0.1, -0.05) is 32.0 Å². The molecule has 1 N–H and O–H groups in total. The van der Waals surface area contributed by atoms with E-state index in [1.54, 1.807) is 17.1 Å². The van der Waals surface area contributed by atoms with Gasteiger partial charge in [0.15, 0.2) is 0 Å². The third-order valence-corrected chi connectivity index (χ3v) is 3.23. The van der Waals surface area contributed by atoms with Gasteiger partial charge < -0.3 is 5.32 Å². The highest BCUT2D eigenvalue weighted by Gasteiger charge is 2.15. The van der Waals surface area contributed by atoms with Crippen LogP contribution >= 0.6 is 0 Å². The van der Waals surface area contributed by atoms with Gasteiger partial charge in [-0.2, -0.15) is 0 Å². The first-order valence-electron chi connectivity index (χ1n) is 6.64. The van der Waals surface area contributed by atoms with Crippen LogP contribution in [0.5, 0.6) is 0 Å². The average Bonchev–Trinajstić information content (AvgIpc) is 2.95. The Bertz CT molecular complexity index is 529. The highest BCUT2D eigenvalue weighted by molar-refractivity contribution is 5.93. The monoisotopic (exact) mass is 257 g/mol. The van der Waals surface area contributed by atoms with Crippen molar-refractivity contribution in [2.75, 3.05) is 0 Å².